The molecule has 0 unspecified atom stereocenters. The van der Waals surface area contributed by atoms with Crippen molar-refractivity contribution in [3.63, 3.8) is 0 Å². The van der Waals surface area contributed by atoms with Crippen molar-refractivity contribution in [3.8, 4) is 0 Å². The fourth-order valence-electron chi connectivity index (χ4n) is 1.52. The minimum absolute atomic E-state index is 0.455. The average Bonchev–Trinajstić information content (AvgIpc) is 2.42. The van der Waals surface area contributed by atoms with Gasteiger partial charge in [-0.2, -0.15) is 18.3 Å². The summed E-state index contributed by atoms with van der Waals surface area (Å²) in [6, 6.07) is 0. The number of hydrogen-bond donors (Lipinski definition) is 0. The minimum Gasteiger partial charge on any atom is -0.261 e. The molecular formula is C9H7BrF3N3. The summed E-state index contributed by atoms with van der Waals surface area (Å²) in [6.45, 7) is 0.520. The summed E-state index contributed by atoms with van der Waals surface area (Å²) in [5, 5.41) is 4.53. The topological polar surface area (TPSA) is 30.7 Å². The second kappa shape index (κ2) is 3.73. The SMILES string of the molecule is Cc1c2c(Br)cncc2nn1CC(F)(F)F. The molecule has 0 saturated heterocycles. The molecule has 0 spiro atoms. The summed E-state index contributed by atoms with van der Waals surface area (Å²) < 4.78 is 38.4. The normalized spacial score (nSPS) is 12.3. The van der Waals surface area contributed by atoms with E-state index in [0.29, 0.717) is 21.1 Å². The fourth-order valence-corrected chi connectivity index (χ4v) is 2.12. The standard InChI is InChI=1S/C9H7BrF3N3/c1-5-8-6(10)2-14-3-7(8)15-16(5)4-9(11,12)13/h2-3H,4H2,1H3. The molecule has 86 valence electrons. The van der Waals surface area contributed by atoms with E-state index in [-0.39, 0.29) is 0 Å². The zero-order chi connectivity index (χ0) is 11.9. The molecule has 16 heavy (non-hydrogen) atoms. The molecule has 3 nitrogen and oxygen atoms in total. The fraction of sp³-hybridized carbons (Fsp3) is 0.333. The molecule has 0 bridgehead atoms. The monoisotopic (exact) mass is 293 g/mol. The third-order valence-corrected chi connectivity index (χ3v) is 2.79. The minimum atomic E-state index is -4.27. The van der Waals surface area contributed by atoms with E-state index in [1.165, 1.54) is 12.4 Å². The van der Waals surface area contributed by atoms with E-state index in [9.17, 15) is 13.2 Å². The van der Waals surface area contributed by atoms with Gasteiger partial charge in [-0.1, -0.05) is 0 Å². The first-order valence-corrected chi connectivity index (χ1v) is 5.21. The Morgan fingerprint density at radius 2 is 2.06 bits per heavy atom. The maximum atomic E-state index is 12.3. The summed E-state index contributed by atoms with van der Waals surface area (Å²) in [6.07, 6.45) is -1.29. The maximum absolute atomic E-state index is 12.3. The molecule has 0 saturated carbocycles. The number of halogens is 4. The lowest BCUT2D eigenvalue weighted by atomic mass is 10.2. The number of fused-ring (bicyclic) bond motifs is 1. The molecule has 0 aliphatic heterocycles. The van der Waals surface area contributed by atoms with Gasteiger partial charge in [0.15, 0.2) is 0 Å². The number of aryl methyl sites for hydroxylation is 1. The molecule has 2 aromatic rings. The lowest BCUT2D eigenvalue weighted by Gasteiger charge is -2.07. The molecule has 0 aliphatic rings. The number of hydrogen-bond acceptors (Lipinski definition) is 2. The van der Waals surface area contributed by atoms with Crippen LogP contribution in [0.15, 0.2) is 16.9 Å². The molecule has 0 amide bonds. The van der Waals surface area contributed by atoms with Crippen molar-refractivity contribution in [2.45, 2.75) is 19.6 Å². The van der Waals surface area contributed by atoms with Gasteiger partial charge in [-0.25, -0.2) is 0 Å². The van der Waals surface area contributed by atoms with Gasteiger partial charge < -0.3 is 0 Å². The van der Waals surface area contributed by atoms with Crippen LogP contribution in [0.2, 0.25) is 0 Å². The van der Waals surface area contributed by atoms with Crippen LogP contribution in [0.4, 0.5) is 13.2 Å². The van der Waals surface area contributed by atoms with Crippen molar-refractivity contribution in [1.29, 1.82) is 0 Å². The first kappa shape index (κ1) is 11.4. The van der Waals surface area contributed by atoms with Gasteiger partial charge in [0.1, 0.15) is 12.1 Å². The second-order valence-corrected chi connectivity index (χ2v) is 4.23. The largest absolute Gasteiger partial charge is 0.408 e. The van der Waals surface area contributed by atoms with E-state index in [0.717, 1.165) is 4.68 Å². The number of nitrogens with zero attached hydrogens (tertiary/aromatic N) is 3. The van der Waals surface area contributed by atoms with Crippen molar-refractivity contribution >= 4 is 26.8 Å². The van der Waals surface area contributed by atoms with E-state index in [1.807, 2.05) is 0 Å². The number of alkyl halides is 3. The van der Waals surface area contributed by atoms with Crippen LogP contribution in [0.1, 0.15) is 5.69 Å². The van der Waals surface area contributed by atoms with Gasteiger partial charge in [0.2, 0.25) is 0 Å². The maximum Gasteiger partial charge on any atom is 0.408 e. The Kier molecular flexibility index (Phi) is 2.65. The summed E-state index contributed by atoms with van der Waals surface area (Å²) in [7, 11) is 0. The zero-order valence-corrected chi connectivity index (χ0v) is 9.80. The smallest absolute Gasteiger partial charge is 0.261 e. The van der Waals surface area contributed by atoms with Crippen LogP contribution in [-0.2, 0) is 6.54 Å². The van der Waals surface area contributed by atoms with Crippen molar-refractivity contribution in [2.75, 3.05) is 0 Å². The molecule has 0 aliphatic carbocycles. The Bertz CT molecular complexity index is 533. The quantitative estimate of drug-likeness (QED) is 0.809. The van der Waals surface area contributed by atoms with E-state index in [2.05, 4.69) is 26.0 Å². The van der Waals surface area contributed by atoms with Crippen molar-refractivity contribution in [2.24, 2.45) is 0 Å². The summed E-state index contributed by atoms with van der Waals surface area (Å²) in [5.74, 6) is 0. The molecule has 2 rings (SSSR count). The Morgan fingerprint density at radius 3 is 2.62 bits per heavy atom. The molecule has 0 radical (unpaired) electrons. The highest BCUT2D eigenvalue weighted by molar-refractivity contribution is 9.10. The molecule has 0 N–H and O–H groups in total. The van der Waals surface area contributed by atoms with E-state index in [1.54, 1.807) is 6.92 Å². The van der Waals surface area contributed by atoms with E-state index >= 15 is 0 Å². The van der Waals surface area contributed by atoms with Gasteiger partial charge in [-0.3, -0.25) is 9.67 Å². The molecule has 0 atom stereocenters. The highest BCUT2D eigenvalue weighted by Crippen LogP contribution is 2.27. The molecular weight excluding hydrogens is 287 g/mol. The first-order valence-electron chi connectivity index (χ1n) is 4.42. The zero-order valence-electron chi connectivity index (χ0n) is 8.22. The lowest BCUT2D eigenvalue weighted by molar-refractivity contribution is -0.142. The van der Waals surface area contributed by atoms with Gasteiger partial charge >= 0.3 is 6.18 Å². The Hall–Kier alpha value is -1.11. The summed E-state index contributed by atoms with van der Waals surface area (Å²) in [5.41, 5.74) is 0.928. The van der Waals surface area contributed by atoms with Crippen LogP contribution in [0.25, 0.3) is 10.9 Å². The van der Waals surface area contributed by atoms with Crippen LogP contribution in [0, 0.1) is 6.92 Å². The predicted molar refractivity (Wildman–Crippen MR) is 56.0 cm³/mol. The van der Waals surface area contributed by atoms with Gasteiger partial charge in [0.05, 0.1) is 6.20 Å². The number of aromatic nitrogens is 3. The third-order valence-electron chi connectivity index (χ3n) is 2.19. The van der Waals surface area contributed by atoms with Crippen LogP contribution < -0.4 is 0 Å². The average molecular weight is 294 g/mol. The van der Waals surface area contributed by atoms with Crippen LogP contribution >= 0.6 is 15.9 Å². The van der Waals surface area contributed by atoms with E-state index in [4.69, 9.17) is 0 Å². The van der Waals surface area contributed by atoms with Gasteiger partial charge in [-0.05, 0) is 22.9 Å². The Morgan fingerprint density at radius 1 is 1.38 bits per heavy atom. The molecule has 2 aromatic heterocycles. The van der Waals surface area contributed by atoms with Gasteiger partial charge in [0, 0.05) is 21.7 Å². The van der Waals surface area contributed by atoms with Crippen molar-refractivity contribution < 1.29 is 13.2 Å². The van der Waals surface area contributed by atoms with Crippen LogP contribution in [-0.4, -0.2) is 20.9 Å². The van der Waals surface area contributed by atoms with E-state index < -0.39 is 12.7 Å². The Balaban J connectivity index is 2.57. The molecule has 7 heteroatoms. The highest BCUT2D eigenvalue weighted by Gasteiger charge is 2.29. The summed E-state index contributed by atoms with van der Waals surface area (Å²) >= 11 is 3.24. The lowest BCUT2D eigenvalue weighted by Crippen LogP contribution is -2.19. The number of pyridine rings is 1. The summed E-state index contributed by atoms with van der Waals surface area (Å²) in [4.78, 5) is 3.86. The molecule has 0 fully saturated rings. The van der Waals surface area contributed by atoms with Gasteiger partial charge in [0.25, 0.3) is 0 Å². The second-order valence-electron chi connectivity index (χ2n) is 3.37. The van der Waals surface area contributed by atoms with Crippen molar-refractivity contribution in [1.82, 2.24) is 14.8 Å². The third kappa shape index (κ3) is 2.04. The number of rotatable bonds is 1. The molecule has 0 aromatic carbocycles. The van der Waals surface area contributed by atoms with Gasteiger partial charge in [-0.15, -0.1) is 0 Å². The first-order chi connectivity index (χ1) is 7.38. The van der Waals surface area contributed by atoms with Crippen LogP contribution in [0.5, 0.6) is 0 Å². The Labute approximate surface area is 97.4 Å². The van der Waals surface area contributed by atoms with Crippen LogP contribution in [0.3, 0.4) is 0 Å². The highest BCUT2D eigenvalue weighted by atomic mass is 79.9. The predicted octanol–water partition coefficient (Wildman–Crippen LogP) is 3.06. The molecule has 2 heterocycles. The van der Waals surface area contributed by atoms with Crippen molar-refractivity contribution in [3.05, 3.63) is 22.6 Å².